The Kier molecular flexibility index (Phi) is 6.39. The maximum Gasteiger partial charge on any atom is 0.248 e. The first-order valence-electron chi connectivity index (χ1n) is 9.30. The number of pyridine rings is 1. The lowest BCUT2D eigenvalue weighted by Gasteiger charge is -2.24. The zero-order valence-electron chi connectivity index (χ0n) is 15.7. The van der Waals surface area contributed by atoms with E-state index in [-0.39, 0.29) is 36.7 Å². The summed E-state index contributed by atoms with van der Waals surface area (Å²) in [7, 11) is 1.50. The van der Waals surface area contributed by atoms with Crippen LogP contribution in [0.1, 0.15) is 18.4 Å². The molecule has 2 aliphatic rings. The van der Waals surface area contributed by atoms with Gasteiger partial charge in [-0.25, -0.2) is 0 Å². The van der Waals surface area contributed by atoms with Gasteiger partial charge in [0.2, 0.25) is 17.7 Å². The second-order valence-corrected chi connectivity index (χ2v) is 7.03. The van der Waals surface area contributed by atoms with E-state index in [9.17, 15) is 14.4 Å². The fourth-order valence-electron chi connectivity index (χ4n) is 3.66. The second-order valence-electron chi connectivity index (χ2n) is 7.03. The standard InChI is InChI=1S/C19H26N4O4/c1-27-14-18(25)21-6-3-7-22(9-8-21)19(26)16-10-17(24)23(13-16)12-15-4-2-5-20-11-15/h2,4-5,11,16H,3,6-10,12-14H2,1H3/t16-/m1/s1. The zero-order valence-corrected chi connectivity index (χ0v) is 15.7. The smallest absolute Gasteiger partial charge is 0.248 e. The lowest BCUT2D eigenvalue weighted by Crippen LogP contribution is -2.41. The molecule has 0 aromatic carbocycles. The SMILES string of the molecule is COCC(=O)N1CCCN(C(=O)[C@@H]2CC(=O)N(Cc3cccnc3)C2)CC1. The molecule has 0 bridgehead atoms. The first kappa shape index (κ1) is 19.3. The predicted molar refractivity (Wildman–Crippen MR) is 97.4 cm³/mol. The van der Waals surface area contributed by atoms with E-state index in [1.54, 1.807) is 27.1 Å². The van der Waals surface area contributed by atoms with Gasteiger partial charge in [0.1, 0.15) is 6.61 Å². The van der Waals surface area contributed by atoms with Crippen LogP contribution in [0.25, 0.3) is 0 Å². The first-order valence-corrected chi connectivity index (χ1v) is 9.30. The fourth-order valence-corrected chi connectivity index (χ4v) is 3.66. The van der Waals surface area contributed by atoms with Crippen molar-refractivity contribution in [2.45, 2.75) is 19.4 Å². The molecular weight excluding hydrogens is 348 g/mol. The minimum atomic E-state index is -0.310. The lowest BCUT2D eigenvalue weighted by molar-refractivity contribution is -0.137. The molecule has 0 spiro atoms. The van der Waals surface area contributed by atoms with Gasteiger partial charge in [0.05, 0.1) is 5.92 Å². The summed E-state index contributed by atoms with van der Waals surface area (Å²) in [6, 6.07) is 3.77. The highest BCUT2D eigenvalue weighted by atomic mass is 16.5. The molecule has 1 aromatic rings. The van der Waals surface area contributed by atoms with E-state index in [0.717, 1.165) is 12.0 Å². The van der Waals surface area contributed by atoms with E-state index in [2.05, 4.69) is 4.98 Å². The van der Waals surface area contributed by atoms with Gasteiger partial charge in [-0.15, -0.1) is 0 Å². The average Bonchev–Trinajstić information content (AvgIpc) is 2.88. The Labute approximate surface area is 159 Å². The molecule has 146 valence electrons. The van der Waals surface area contributed by atoms with Crippen molar-refractivity contribution in [1.29, 1.82) is 0 Å². The Morgan fingerprint density at radius 2 is 2.00 bits per heavy atom. The number of aromatic nitrogens is 1. The third kappa shape index (κ3) is 4.82. The van der Waals surface area contributed by atoms with Gasteiger partial charge < -0.3 is 19.4 Å². The summed E-state index contributed by atoms with van der Waals surface area (Å²) in [4.78, 5) is 46.6. The van der Waals surface area contributed by atoms with Crippen molar-refractivity contribution in [1.82, 2.24) is 19.7 Å². The summed E-state index contributed by atoms with van der Waals surface area (Å²) < 4.78 is 4.91. The maximum absolute atomic E-state index is 12.9. The number of likely N-dealkylation sites (tertiary alicyclic amines) is 1. The van der Waals surface area contributed by atoms with Crippen molar-refractivity contribution < 1.29 is 19.1 Å². The fraction of sp³-hybridized carbons (Fsp3) is 0.579. The lowest BCUT2D eigenvalue weighted by atomic mass is 10.1. The van der Waals surface area contributed by atoms with E-state index >= 15 is 0 Å². The number of hydrogen-bond donors (Lipinski definition) is 0. The van der Waals surface area contributed by atoms with Crippen molar-refractivity contribution in [3.05, 3.63) is 30.1 Å². The quantitative estimate of drug-likeness (QED) is 0.732. The van der Waals surface area contributed by atoms with Crippen LogP contribution in [0.2, 0.25) is 0 Å². The summed E-state index contributed by atoms with van der Waals surface area (Å²) in [5.41, 5.74) is 0.959. The number of nitrogens with zero attached hydrogens (tertiary/aromatic N) is 4. The first-order chi connectivity index (χ1) is 13.1. The van der Waals surface area contributed by atoms with Crippen LogP contribution in [0.15, 0.2) is 24.5 Å². The second kappa shape index (κ2) is 8.94. The van der Waals surface area contributed by atoms with E-state index in [4.69, 9.17) is 4.74 Å². The highest BCUT2D eigenvalue weighted by Gasteiger charge is 2.37. The van der Waals surface area contributed by atoms with Crippen molar-refractivity contribution >= 4 is 17.7 Å². The number of methoxy groups -OCH3 is 1. The molecule has 8 nitrogen and oxygen atoms in total. The third-order valence-corrected chi connectivity index (χ3v) is 5.09. The van der Waals surface area contributed by atoms with E-state index in [1.165, 1.54) is 7.11 Å². The zero-order chi connectivity index (χ0) is 19.2. The molecule has 1 aromatic heterocycles. The molecule has 27 heavy (non-hydrogen) atoms. The van der Waals surface area contributed by atoms with Gasteiger partial charge in [-0.1, -0.05) is 6.07 Å². The Morgan fingerprint density at radius 1 is 1.22 bits per heavy atom. The molecule has 0 unspecified atom stereocenters. The van der Waals surface area contributed by atoms with Crippen LogP contribution in [-0.2, 0) is 25.7 Å². The Hall–Kier alpha value is -2.48. The maximum atomic E-state index is 12.9. The normalized spacial score (nSPS) is 20.7. The summed E-state index contributed by atoms with van der Waals surface area (Å²) in [6.45, 7) is 3.24. The van der Waals surface area contributed by atoms with Gasteiger partial charge in [-0.05, 0) is 18.1 Å². The van der Waals surface area contributed by atoms with Crippen molar-refractivity contribution in [3.63, 3.8) is 0 Å². The van der Waals surface area contributed by atoms with Crippen LogP contribution >= 0.6 is 0 Å². The summed E-state index contributed by atoms with van der Waals surface area (Å²) in [5.74, 6) is -0.345. The highest BCUT2D eigenvalue weighted by Crippen LogP contribution is 2.22. The monoisotopic (exact) mass is 374 g/mol. The van der Waals surface area contributed by atoms with Gasteiger partial charge in [0, 0.05) is 65.2 Å². The molecule has 3 heterocycles. The highest BCUT2D eigenvalue weighted by molar-refractivity contribution is 5.89. The summed E-state index contributed by atoms with van der Waals surface area (Å²) in [5, 5.41) is 0. The van der Waals surface area contributed by atoms with Crippen molar-refractivity contribution in [3.8, 4) is 0 Å². The average molecular weight is 374 g/mol. The third-order valence-electron chi connectivity index (χ3n) is 5.09. The Morgan fingerprint density at radius 3 is 2.74 bits per heavy atom. The van der Waals surface area contributed by atoms with Gasteiger partial charge >= 0.3 is 0 Å². The van der Waals surface area contributed by atoms with Gasteiger partial charge in [0.25, 0.3) is 0 Å². The molecule has 0 N–H and O–H groups in total. The van der Waals surface area contributed by atoms with Crippen LogP contribution in [0, 0.1) is 5.92 Å². The molecule has 3 rings (SSSR count). The number of rotatable bonds is 5. The van der Waals surface area contributed by atoms with Crippen molar-refractivity contribution in [2.75, 3.05) is 46.4 Å². The van der Waals surface area contributed by atoms with Gasteiger partial charge in [-0.3, -0.25) is 19.4 Å². The van der Waals surface area contributed by atoms with Crippen LogP contribution in [0.3, 0.4) is 0 Å². The van der Waals surface area contributed by atoms with E-state index in [0.29, 0.717) is 39.3 Å². The molecule has 0 radical (unpaired) electrons. The molecule has 0 aliphatic carbocycles. The molecule has 0 saturated carbocycles. The van der Waals surface area contributed by atoms with Crippen LogP contribution in [0.4, 0.5) is 0 Å². The number of carbonyl (C=O) groups excluding carboxylic acids is 3. The largest absolute Gasteiger partial charge is 0.375 e. The molecular formula is C19H26N4O4. The minimum absolute atomic E-state index is 0.00363. The summed E-state index contributed by atoms with van der Waals surface area (Å²) >= 11 is 0. The molecule has 8 heteroatoms. The van der Waals surface area contributed by atoms with Crippen LogP contribution < -0.4 is 0 Å². The van der Waals surface area contributed by atoms with E-state index < -0.39 is 0 Å². The molecule has 2 aliphatic heterocycles. The van der Waals surface area contributed by atoms with Crippen molar-refractivity contribution in [2.24, 2.45) is 5.92 Å². The summed E-state index contributed by atoms with van der Waals surface area (Å²) in [6.07, 6.45) is 4.42. The predicted octanol–water partition coefficient (Wildman–Crippen LogP) is 0.137. The molecule has 1 atom stereocenters. The van der Waals surface area contributed by atoms with Crippen LogP contribution in [-0.4, -0.2) is 83.8 Å². The number of ether oxygens (including phenoxy) is 1. The number of hydrogen-bond acceptors (Lipinski definition) is 5. The topological polar surface area (TPSA) is 83.0 Å². The van der Waals surface area contributed by atoms with Gasteiger partial charge in [-0.2, -0.15) is 0 Å². The molecule has 2 saturated heterocycles. The molecule has 3 amide bonds. The minimum Gasteiger partial charge on any atom is -0.375 e. The molecule has 2 fully saturated rings. The number of carbonyl (C=O) groups is 3. The van der Waals surface area contributed by atoms with Crippen LogP contribution in [0.5, 0.6) is 0 Å². The Balaban J connectivity index is 1.55. The van der Waals surface area contributed by atoms with Gasteiger partial charge in [0.15, 0.2) is 0 Å². The Bertz CT molecular complexity index is 682. The number of amides is 3. The van der Waals surface area contributed by atoms with E-state index in [1.807, 2.05) is 12.1 Å².